The fourth-order valence-electron chi connectivity index (χ4n) is 2.10. The fourth-order valence-corrected chi connectivity index (χ4v) is 2.10. The van der Waals surface area contributed by atoms with E-state index in [0.29, 0.717) is 12.6 Å². The van der Waals surface area contributed by atoms with Crippen molar-refractivity contribution >= 4 is 6.09 Å². The number of hydrogen-bond acceptors (Lipinski definition) is 3. The second-order valence-electron chi connectivity index (χ2n) is 5.74. The Bertz CT molecular complexity index is 463. The van der Waals surface area contributed by atoms with Crippen molar-refractivity contribution in [1.82, 2.24) is 14.9 Å². The van der Waals surface area contributed by atoms with E-state index in [2.05, 4.69) is 27.0 Å². The number of imidazole rings is 1. The van der Waals surface area contributed by atoms with E-state index in [-0.39, 0.29) is 0 Å². The van der Waals surface area contributed by atoms with Crippen molar-refractivity contribution in [1.29, 1.82) is 0 Å². The van der Waals surface area contributed by atoms with Gasteiger partial charge < -0.3 is 14.6 Å². The summed E-state index contributed by atoms with van der Waals surface area (Å²) in [6.07, 6.45) is 9.61. The third-order valence-electron chi connectivity index (χ3n) is 2.94. The van der Waals surface area contributed by atoms with Crippen LogP contribution >= 0.6 is 0 Å². The molecule has 1 aromatic heterocycles. The summed E-state index contributed by atoms with van der Waals surface area (Å²) < 4.78 is 7.33. The van der Waals surface area contributed by atoms with Crippen LogP contribution in [0.2, 0.25) is 0 Å². The molecule has 1 amide bonds. The van der Waals surface area contributed by atoms with Crippen molar-refractivity contribution < 1.29 is 9.53 Å². The van der Waals surface area contributed by atoms with Gasteiger partial charge in [0.05, 0.1) is 18.6 Å². The van der Waals surface area contributed by atoms with Gasteiger partial charge in [0.2, 0.25) is 0 Å². The molecule has 1 aromatic rings. The molecule has 2 rings (SSSR count). The van der Waals surface area contributed by atoms with E-state index < -0.39 is 11.7 Å². The third kappa shape index (κ3) is 3.84. The first-order valence-electron chi connectivity index (χ1n) is 6.58. The van der Waals surface area contributed by atoms with Crippen LogP contribution in [0.5, 0.6) is 0 Å². The first kappa shape index (κ1) is 13.6. The summed E-state index contributed by atoms with van der Waals surface area (Å²) in [5.41, 5.74) is 0.527. The van der Waals surface area contributed by atoms with Crippen LogP contribution < -0.4 is 5.32 Å². The maximum atomic E-state index is 11.6. The zero-order chi connectivity index (χ0) is 13.9. The van der Waals surface area contributed by atoms with E-state index >= 15 is 0 Å². The minimum Gasteiger partial charge on any atom is -0.444 e. The van der Waals surface area contributed by atoms with Crippen LogP contribution in [0.25, 0.3) is 0 Å². The highest BCUT2D eigenvalue weighted by Gasteiger charge is 2.18. The molecule has 0 fully saturated rings. The average Bonchev–Trinajstić information content (AvgIpc) is 2.94. The standard InChI is InChI=1S/C14H21N3O2/c1-14(2,3)19-13(18)16-9-12-8-15-10-17(12)11-6-4-5-7-11/h4-5,8,10-11H,6-7,9H2,1-3H3,(H,16,18). The Balaban J connectivity index is 1.90. The van der Waals surface area contributed by atoms with Crippen LogP contribution in [-0.4, -0.2) is 21.2 Å². The van der Waals surface area contributed by atoms with E-state index in [1.807, 2.05) is 27.1 Å². The molecule has 0 aromatic carbocycles. The average molecular weight is 263 g/mol. The van der Waals surface area contributed by atoms with Gasteiger partial charge >= 0.3 is 6.09 Å². The van der Waals surface area contributed by atoms with Crippen molar-refractivity contribution in [3.63, 3.8) is 0 Å². The first-order chi connectivity index (χ1) is 8.96. The SMILES string of the molecule is CC(C)(C)OC(=O)NCc1cncn1C1CC=CC1. The molecular formula is C14H21N3O2. The van der Waals surface area contributed by atoms with Gasteiger partial charge in [-0.2, -0.15) is 0 Å². The lowest BCUT2D eigenvalue weighted by Crippen LogP contribution is -2.32. The minimum absolute atomic E-state index is 0.398. The monoisotopic (exact) mass is 263 g/mol. The number of hydrogen-bond donors (Lipinski definition) is 1. The van der Waals surface area contributed by atoms with E-state index in [4.69, 9.17) is 4.74 Å². The van der Waals surface area contributed by atoms with E-state index in [1.165, 1.54) is 0 Å². The molecule has 1 aliphatic rings. The summed E-state index contributed by atoms with van der Waals surface area (Å²) in [7, 11) is 0. The molecule has 0 unspecified atom stereocenters. The Morgan fingerprint density at radius 2 is 2.16 bits per heavy atom. The maximum absolute atomic E-state index is 11.6. The van der Waals surface area contributed by atoms with Crippen LogP contribution in [0.1, 0.15) is 45.3 Å². The third-order valence-corrected chi connectivity index (χ3v) is 2.94. The largest absolute Gasteiger partial charge is 0.444 e. The van der Waals surface area contributed by atoms with Crippen LogP contribution in [0.4, 0.5) is 4.79 Å². The van der Waals surface area contributed by atoms with E-state index in [9.17, 15) is 4.79 Å². The highest BCUT2D eigenvalue weighted by Crippen LogP contribution is 2.24. The van der Waals surface area contributed by atoms with Crippen LogP contribution in [0, 0.1) is 0 Å². The predicted molar refractivity (Wildman–Crippen MR) is 72.7 cm³/mol. The highest BCUT2D eigenvalue weighted by molar-refractivity contribution is 5.67. The van der Waals surface area contributed by atoms with Crippen LogP contribution in [0.3, 0.4) is 0 Å². The summed E-state index contributed by atoms with van der Waals surface area (Å²) in [6, 6.07) is 0.429. The molecule has 1 heterocycles. The van der Waals surface area contributed by atoms with Gasteiger partial charge in [0.15, 0.2) is 0 Å². The first-order valence-corrected chi connectivity index (χ1v) is 6.58. The Morgan fingerprint density at radius 3 is 2.79 bits per heavy atom. The smallest absolute Gasteiger partial charge is 0.407 e. The second kappa shape index (κ2) is 5.47. The second-order valence-corrected chi connectivity index (χ2v) is 5.74. The quantitative estimate of drug-likeness (QED) is 0.853. The molecular weight excluding hydrogens is 242 g/mol. The van der Waals surface area contributed by atoms with Gasteiger partial charge in [-0.3, -0.25) is 0 Å². The number of rotatable bonds is 3. The molecule has 19 heavy (non-hydrogen) atoms. The van der Waals surface area contributed by atoms with Gasteiger partial charge in [-0.05, 0) is 33.6 Å². The summed E-state index contributed by atoms with van der Waals surface area (Å²) in [5, 5.41) is 2.76. The van der Waals surface area contributed by atoms with Gasteiger partial charge in [-0.25, -0.2) is 9.78 Å². The van der Waals surface area contributed by atoms with Gasteiger partial charge in [0.1, 0.15) is 5.60 Å². The number of carbonyl (C=O) groups excluding carboxylic acids is 1. The molecule has 0 bridgehead atoms. The van der Waals surface area contributed by atoms with Gasteiger partial charge in [-0.15, -0.1) is 0 Å². The Labute approximate surface area is 113 Å². The van der Waals surface area contributed by atoms with Crippen molar-refractivity contribution in [2.75, 3.05) is 0 Å². The lowest BCUT2D eigenvalue weighted by molar-refractivity contribution is 0.0522. The van der Waals surface area contributed by atoms with Crippen LogP contribution in [0.15, 0.2) is 24.7 Å². The molecule has 0 saturated heterocycles. The molecule has 1 aliphatic carbocycles. The molecule has 0 aliphatic heterocycles. The Hall–Kier alpha value is -1.78. The molecule has 5 nitrogen and oxygen atoms in total. The zero-order valence-electron chi connectivity index (χ0n) is 11.7. The van der Waals surface area contributed by atoms with Crippen molar-refractivity contribution in [2.45, 2.75) is 51.8 Å². The molecule has 104 valence electrons. The van der Waals surface area contributed by atoms with Crippen LogP contribution in [-0.2, 0) is 11.3 Å². The Kier molecular flexibility index (Phi) is 3.93. The van der Waals surface area contributed by atoms with Gasteiger partial charge in [-0.1, -0.05) is 12.2 Å². The number of nitrogens with one attached hydrogen (secondary N) is 1. The van der Waals surface area contributed by atoms with Crippen molar-refractivity contribution in [3.8, 4) is 0 Å². The van der Waals surface area contributed by atoms with Gasteiger partial charge in [0, 0.05) is 12.2 Å². The summed E-state index contributed by atoms with van der Waals surface area (Å²) in [6.45, 7) is 5.98. The number of ether oxygens (including phenoxy) is 1. The number of carbonyl (C=O) groups is 1. The number of aromatic nitrogens is 2. The zero-order valence-corrected chi connectivity index (χ0v) is 11.7. The lowest BCUT2D eigenvalue weighted by atomic mass is 10.2. The fraction of sp³-hybridized carbons (Fsp3) is 0.571. The highest BCUT2D eigenvalue weighted by atomic mass is 16.6. The van der Waals surface area contributed by atoms with E-state index in [0.717, 1.165) is 18.5 Å². The molecule has 0 spiro atoms. The number of nitrogens with zero attached hydrogens (tertiary/aromatic N) is 2. The maximum Gasteiger partial charge on any atom is 0.407 e. The molecule has 5 heteroatoms. The molecule has 1 N–H and O–H groups in total. The lowest BCUT2D eigenvalue weighted by Gasteiger charge is -2.20. The summed E-state index contributed by atoms with van der Waals surface area (Å²) >= 11 is 0. The molecule has 0 atom stereocenters. The minimum atomic E-state index is -0.473. The summed E-state index contributed by atoms with van der Waals surface area (Å²) in [4.78, 5) is 15.8. The van der Waals surface area contributed by atoms with Crippen molar-refractivity contribution in [2.24, 2.45) is 0 Å². The number of amides is 1. The Morgan fingerprint density at radius 1 is 1.47 bits per heavy atom. The molecule has 0 radical (unpaired) electrons. The topological polar surface area (TPSA) is 56.1 Å². The number of allylic oxidation sites excluding steroid dienone is 2. The van der Waals surface area contributed by atoms with Crippen molar-refractivity contribution in [3.05, 3.63) is 30.4 Å². The van der Waals surface area contributed by atoms with Gasteiger partial charge in [0.25, 0.3) is 0 Å². The summed E-state index contributed by atoms with van der Waals surface area (Å²) in [5.74, 6) is 0. The predicted octanol–water partition coefficient (Wildman–Crippen LogP) is 2.80. The molecule has 0 saturated carbocycles. The normalized spacial score (nSPS) is 15.7. The number of alkyl carbamates (subject to hydrolysis) is 1. The van der Waals surface area contributed by atoms with E-state index in [1.54, 1.807) is 6.20 Å².